The van der Waals surface area contributed by atoms with E-state index in [4.69, 9.17) is 4.42 Å². The van der Waals surface area contributed by atoms with Gasteiger partial charge in [-0.15, -0.1) is 0 Å². The molecule has 0 spiro atoms. The van der Waals surface area contributed by atoms with Crippen molar-refractivity contribution in [1.82, 2.24) is 9.97 Å². The first-order valence-corrected chi connectivity index (χ1v) is 11.3. The highest BCUT2D eigenvalue weighted by molar-refractivity contribution is 7.08. The van der Waals surface area contributed by atoms with Gasteiger partial charge in [0.25, 0.3) is 0 Å². The Labute approximate surface area is 185 Å². The van der Waals surface area contributed by atoms with Gasteiger partial charge in [0.15, 0.2) is 0 Å². The average Bonchev–Trinajstić information content (AvgIpc) is 3.44. The Balaban J connectivity index is 1.32. The number of fused-ring (bicyclic) bond motifs is 1. The van der Waals surface area contributed by atoms with Gasteiger partial charge in [-0.2, -0.15) is 11.3 Å². The van der Waals surface area contributed by atoms with E-state index < -0.39 is 0 Å². The van der Waals surface area contributed by atoms with Crippen LogP contribution in [0.25, 0.3) is 33.4 Å². The lowest BCUT2D eigenvalue weighted by Crippen LogP contribution is -2.08. The average molecular weight is 426 g/mol. The molecule has 0 aliphatic carbocycles. The molecule has 154 valence electrons. The van der Waals surface area contributed by atoms with E-state index in [-0.39, 0.29) is 0 Å². The number of furan rings is 1. The third-order valence-electron chi connectivity index (χ3n) is 5.40. The molecule has 0 saturated carbocycles. The highest BCUT2D eigenvalue weighted by atomic mass is 32.1. The molecule has 0 bridgehead atoms. The predicted molar refractivity (Wildman–Crippen MR) is 129 cm³/mol. The zero-order valence-electron chi connectivity index (χ0n) is 17.6. The van der Waals surface area contributed by atoms with Gasteiger partial charge in [0, 0.05) is 23.6 Å². The van der Waals surface area contributed by atoms with Crippen molar-refractivity contribution in [3.8, 4) is 22.4 Å². The fourth-order valence-electron chi connectivity index (χ4n) is 3.79. The zero-order chi connectivity index (χ0) is 21.2. The molecule has 1 N–H and O–H groups in total. The zero-order valence-corrected chi connectivity index (χ0v) is 18.4. The van der Waals surface area contributed by atoms with Crippen LogP contribution in [0.15, 0.2) is 76.0 Å². The van der Waals surface area contributed by atoms with Crippen LogP contribution >= 0.6 is 11.3 Å². The lowest BCUT2D eigenvalue weighted by atomic mass is 10.0. The van der Waals surface area contributed by atoms with Crippen molar-refractivity contribution < 1.29 is 4.42 Å². The van der Waals surface area contributed by atoms with Crippen LogP contribution in [0.2, 0.25) is 0 Å². The van der Waals surface area contributed by atoms with Crippen LogP contribution in [-0.2, 0) is 6.42 Å². The summed E-state index contributed by atoms with van der Waals surface area (Å²) >= 11 is 1.73. The third kappa shape index (κ3) is 4.23. The molecule has 0 amide bonds. The summed E-state index contributed by atoms with van der Waals surface area (Å²) in [5, 5.41) is 8.89. The molecule has 0 aliphatic heterocycles. The molecule has 5 aromatic rings. The molecule has 0 fully saturated rings. The van der Waals surface area contributed by atoms with Crippen molar-refractivity contribution in [1.29, 1.82) is 0 Å². The summed E-state index contributed by atoms with van der Waals surface area (Å²) in [6, 6.07) is 19.1. The first kappa shape index (κ1) is 19.5. The summed E-state index contributed by atoms with van der Waals surface area (Å²) in [6.07, 6.45) is 2.72. The number of aromatic nitrogens is 2. The Morgan fingerprint density at radius 1 is 0.935 bits per heavy atom. The molecule has 3 aromatic heterocycles. The van der Waals surface area contributed by atoms with Gasteiger partial charge in [0.05, 0.1) is 12.0 Å². The van der Waals surface area contributed by atoms with Crippen LogP contribution in [0, 0.1) is 13.8 Å². The number of thiophene rings is 1. The lowest BCUT2D eigenvalue weighted by molar-refractivity contribution is 0.613. The summed E-state index contributed by atoms with van der Waals surface area (Å²) < 4.78 is 5.57. The van der Waals surface area contributed by atoms with E-state index in [0.717, 1.165) is 52.4 Å². The fourth-order valence-corrected chi connectivity index (χ4v) is 4.46. The number of nitrogens with one attached hydrogen (secondary N) is 1. The maximum atomic E-state index is 5.57. The maximum Gasteiger partial charge on any atom is 0.134 e. The Kier molecular flexibility index (Phi) is 5.26. The monoisotopic (exact) mass is 425 g/mol. The Morgan fingerprint density at radius 2 is 1.87 bits per heavy atom. The largest absolute Gasteiger partial charge is 0.464 e. The number of nitrogens with zero attached hydrogens (tertiary/aromatic N) is 2. The molecule has 4 nitrogen and oxygen atoms in total. The Morgan fingerprint density at radius 3 is 2.74 bits per heavy atom. The molecule has 2 aromatic carbocycles. The summed E-state index contributed by atoms with van der Waals surface area (Å²) in [6.45, 7) is 4.80. The number of benzene rings is 2. The predicted octanol–water partition coefficient (Wildman–Crippen LogP) is 6.89. The first-order valence-electron chi connectivity index (χ1n) is 10.3. The van der Waals surface area contributed by atoms with Gasteiger partial charge in [-0.05, 0) is 77.5 Å². The Hall–Kier alpha value is -3.44. The summed E-state index contributed by atoms with van der Waals surface area (Å²) in [5.41, 5.74) is 7.86. The van der Waals surface area contributed by atoms with E-state index in [0.29, 0.717) is 0 Å². The normalized spacial score (nSPS) is 11.2. The van der Waals surface area contributed by atoms with Crippen LogP contribution < -0.4 is 5.32 Å². The van der Waals surface area contributed by atoms with Crippen molar-refractivity contribution in [3.63, 3.8) is 0 Å². The number of anilines is 1. The van der Waals surface area contributed by atoms with E-state index in [2.05, 4.69) is 69.4 Å². The SMILES string of the molecule is Cc1nc(NCCc2cccc(-c3ccsc3)c2)cc(-c2ccc3occ(C)c3c2)n1. The second-order valence-electron chi connectivity index (χ2n) is 7.70. The van der Waals surface area contributed by atoms with Crippen molar-refractivity contribution in [2.45, 2.75) is 20.3 Å². The second kappa shape index (κ2) is 8.36. The smallest absolute Gasteiger partial charge is 0.134 e. The first-order chi connectivity index (χ1) is 15.2. The van der Waals surface area contributed by atoms with Gasteiger partial charge in [-0.25, -0.2) is 9.97 Å². The van der Waals surface area contributed by atoms with Crippen molar-refractivity contribution in [3.05, 3.63) is 88.6 Å². The number of hydrogen-bond donors (Lipinski definition) is 1. The van der Waals surface area contributed by atoms with Crippen LogP contribution in [0.1, 0.15) is 17.0 Å². The maximum absolute atomic E-state index is 5.57. The molecule has 5 rings (SSSR count). The highest BCUT2D eigenvalue weighted by Crippen LogP contribution is 2.28. The molecule has 3 heterocycles. The second-order valence-corrected chi connectivity index (χ2v) is 8.48. The lowest BCUT2D eigenvalue weighted by Gasteiger charge is -2.10. The van der Waals surface area contributed by atoms with E-state index in [1.54, 1.807) is 17.6 Å². The summed E-state index contributed by atoms with van der Waals surface area (Å²) in [5.74, 6) is 1.60. The molecule has 0 saturated heterocycles. The summed E-state index contributed by atoms with van der Waals surface area (Å²) in [7, 11) is 0. The third-order valence-corrected chi connectivity index (χ3v) is 6.09. The Bertz CT molecular complexity index is 1340. The molecule has 31 heavy (non-hydrogen) atoms. The van der Waals surface area contributed by atoms with Gasteiger partial charge in [0.1, 0.15) is 17.2 Å². The molecular formula is C26H23N3OS. The molecule has 0 atom stereocenters. The van der Waals surface area contributed by atoms with Gasteiger partial charge in [-0.1, -0.05) is 24.3 Å². The topological polar surface area (TPSA) is 51.0 Å². The van der Waals surface area contributed by atoms with E-state index in [1.165, 1.54) is 16.7 Å². The van der Waals surface area contributed by atoms with Crippen molar-refractivity contribution in [2.24, 2.45) is 0 Å². The minimum Gasteiger partial charge on any atom is -0.464 e. The van der Waals surface area contributed by atoms with Crippen LogP contribution in [0.5, 0.6) is 0 Å². The van der Waals surface area contributed by atoms with Gasteiger partial charge in [-0.3, -0.25) is 0 Å². The molecule has 0 unspecified atom stereocenters. The minimum atomic E-state index is 0.753. The number of aryl methyl sites for hydroxylation is 2. The van der Waals surface area contributed by atoms with Crippen LogP contribution in [0.3, 0.4) is 0 Å². The molecule has 5 heteroatoms. The van der Waals surface area contributed by atoms with Gasteiger partial charge >= 0.3 is 0 Å². The molecule has 0 aliphatic rings. The summed E-state index contributed by atoms with van der Waals surface area (Å²) in [4.78, 5) is 9.23. The van der Waals surface area contributed by atoms with E-state index in [9.17, 15) is 0 Å². The molecule has 0 radical (unpaired) electrons. The highest BCUT2D eigenvalue weighted by Gasteiger charge is 2.08. The van der Waals surface area contributed by atoms with Gasteiger partial charge < -0.3 is 9.73 Å². The van der Waals surface area contributed by atoms with Crippen LogP contribution in [-0.4, -0.2) is 16.5 Å². The standard InChI is InChI=1S/C26H23N3OS/c1-17-15-30-25-7-6-21(13-23(17)25)24-14-26(29-18(2)28-24)27-10-8-19-4-3-5-20(12-19)22-9-11-31-16-22/h3-7,9,11-16H,8,10H2,1-2H3,(H,27,28,29). The number of hydrogen-bond acceptors (Lipinski definition) is 5. The van der Waals surface area contributed by atoms with E-state index >= 15 is 0 Å². The van der Waals surface area contributed by atoms with Crippen molar-refractivity contribution >= 4 is 28.1 Å². The van der Waals surface area contributed by atoms with Crippen LogP contribution in [0.4, 0.5) is 5.82 Å². The molecular weight excluding hydrogens is 402 g/mol. The van der Waals surface area contributed by atoms with Gasteiger partial charge in [0.2, 0.25) is 0 Å². The van der Waals surface area contributed by atoms with E-state index in [1.807, 2.05) is 25.1 Å². The minimum absolute atomic E-state index is 0.753. The fraction of sp³-hybridized carbons (Fsp3) is 0.154. The van der Waals surface area contributed by atoms with Crippen molar-refractivity contribution in [2.75, 3.05) is 11.9 Å². The number of rotatable bonds is 6. The quantitative estimate of drug-likeness (QED) is 0.322.